The molecule has 24 atom stereocenters. The van der Waals surface area contributed by atoms with Crippen molar-refractivity contribution in [2.45, 2.75) is 333 Å². The number of benzene rings is 6. The Labute approximate surface area is 889 Å². The molecule has 9 aromatic rings. The molecule has 3 N–H and O–H groups in total. The van der Waals surface area contributed by atoms with Crippen LogP contribution in [0.1, 0.15) is 253 Å². The van der Waals surface area contributed by atoms with Crippen LogP contribution < -0.4 is 29.0 Å². The fourth-order valence-corrected chi connectivity index (χ4v) is 42.0. The van der Waals surface area contributed by atoms with Gasteiger partial charge in [0.2, 0.25) is 0 Å². The standard InChI is InChI=1S/C35H41NO4S.C32H40N2O3.C31H39NO4.C30H37NO5/c1-32(21-39-19-25-16-23-6-4-5-7-27(23)41-25)20-33-12-13-35(32,38-3)31-34(33)14-15-36(18-22-8-9-22)28(33)17-24-10-11-26(37-2)30(40-31)29(24)34;1-29(20-33-17-21-6-4-3-5-7-21)19-30-12-13-32(29,36-2)28-31(30)14-15-34(18-22-8-9-22)25(30)16-23-10-11-24(35)27(37-28)26(23)31;1-20-4-7-23-14-24-29-9-10-31(33-3,28(2,18-29)19-35-17-22-8-13-34-16-22)27-30(29,25(23)26(20)36-27)11-12-32(24)15-21-5-6-21;1-27(18-35-16-20-7-12-34-15-20)17-28-8-9-30(27,33-2)26-29(28)10-11-31(14-19-3-4-19)23(28)13-21-5-6-22(32)25(36-26)24(21)29/h4-7,10-11,16,22,28,31H,8-9,12-15,17-21H2,1-3H3;3-7,10-11,22,25,28,33,35H,8-9,12-20H2,1-2H3;4,7-8,13,16,21,24,27H,5-6,9-12,14-15,17-19H2,1-3H3;5-7,12,15,19,23,26,32H,3-4,8-11,13-14,16-18H2,1-2H3/t28-,31-,32-,33-,34+,35+;25-,28?,29-,30-,31+,32+;24-,27?,28-,29-,30+,31+;23-,26?,27-,28-,29+,30+/m1111/s1. The van der Waals surface area contributed by atoms with Gasteiger partial charge in [0.05, 0.1) is 71.8 Å². The van der Waals surface area contributed by atoms with Crippen LogP contribution in [0, 0.1) is 73.9 Å². The zero-order chi connectivity index (χ0) is 101. The minimum Gasteiger partial charge on any atom is -0.504 e. The highest BCUT2D eigenvalue weighted by Crippen LogP contribution is 2.85. The highest BCUT2D eigenvalue weighted by atomic mass is 32.1. The molecule has 796 valence electrons. The molecule has 8 spiro atoms. The third kappa shape index (κ3) is 12.6. The van der Waals surface area contributed by atoms with Crippen molar-refractivity contribution < 1.29 is 75.9 Å². The summed E-state index contributed by atoms with van der Waals surface area (Å²) in [6.07, 6.45) is 40.4. The number of aryl methyl sites for hydroxylation is 1. The number of ether oxygens (including phenoxy) is 12. The largest absolute Gasteiger partial charge is 0.504 e. The molecule has 4 saturated heterocycles. The van der Waals surface area contributed by atoms with Gasteiger partial charge in [-0.1, -0.05) is 107 Å². The van der Waals surface area contributed by atoms with Gasteiger partial charge in [-0.05, 0) is 318 Å². The normalized spacial score (nSPS) is 40.6. The van der Waals surface area contributed by atoms with Crippen LogP contribution in [0.25, 0.3) is 10.1 Å². The van der Waals surface area contributed by atoms with Crippen molar-refractivity contribution in [2.75, 3.05) is 114 Å². The van der Waals surface area contributed by atoms with Crippen molar-refractivity contribution in [1.29, 1.82) is 0 Å². The molecular formula is C128H157N5O16S. The minimum atomic E-state index is -0.464. The van der Waals surface area contributed by atoms with Gasteiger partial charge in [0.25, 0.3) is 0 Å². The first kappa shape index (κ1) is 96.5. The van der Waals surface area contributed by atoms with E-state index in [1.165, 1.54) is 181 Å². The zero-order valence-corrected chi connectivity index (χ0v) is 91.0. The molecule has 16 bridgehead atoms. The number of rotatable bonds is 29. The number of phenolic OH excluding ortho intramolecular Hbond substituents is 2. The number of piperidine rings is 4. The predicted octanol–water partition coefficient (Wildman–Crippen LogP) is 21.8. The number of nitrogens with zero attached hydrogens (tertiary/aromatic N) is 4. The maximum atomic E-state index is 11.0. The van der Waals surface area contributed by atoms with Crippen molar-refractivity contribution in [3.05, 3.63) is 218 Å². The van der Waals surface area contributed by atoms with Gasteiger partial charge in [-0.2, -0.15) is 0 Å². The molecule has 28 aliphatic rings. The van der Waals surface area contributed by atoms with E-state index in [0.717, 1.165) is 187 Å². The van der Waals surface area contributed by atoms with Crippen LogP contribution in [0.2, 0.25) is 0 Å². The fourth-order valence-electron chi connectivity index (χ4n) is 41.0. The van der Waals surface area contributed by atoms with E-state index >= 15 is 0 Å². The summed E-state index contributed by atoms with van der Waals surface area (Å²) in [5.74, 6) is 8.75. The van der Waals surface area contributed by atoms with Crippen molar-refractivity contribution >= 4 is 21.4 Å². The highest BCUT2D eigenvalue weighted by Gasteiger charge is 2.89. The highest BCUT2D eigenvalue weighted by molar-refractivity contribution is 7.19. The molecule has 16 saturated carbocycles. The van der Waals surface area contributed by atoms with Crippen LogP contribution in [0.15, 0.2) is 155 Å². The first-order valence-electron chi connectivity index (χ1n) is 58.2. The average molecular weight is 2050 g/mol. The summed E-state index contributed by atoms with van der Waals surface area (Å²) in [5, 5.41) is 27.2. The average Bonchev–Trinajstić information content (AvgIpc) is 1.45. The second-order valence-electron chi connectivity index (χ2n) is 53.8. The van der Waals surface area contributed by atoms with E-state index in [2.05, 4.69) is 157 Å². The number of nitrogens with one attached hydrogen (secondary N) is 1. The summed E-state index contributed by atoms with van der Waals surface area (Å²) < 4.78 is 92.6. The lowest BCUT2D eigenvalue weighted by Crippen LogP contribution is -2.83. The van der Waals surface area contributed by atoms with Gasteiger partial charge >= 0.3 is 0 Å². The summed E-state index contributed by atoms with van der Waals surface area (Å²) in [7, 11) is 9.45. The lowest BCUT2D eigenvalue weighted by Gasteiger charge is -2.76. The molecule has 0 amide bonds. The lowest BCUT2D eigenvalue weighted by atomic mass is 9.32. The monoisotopic (exact) mass is 2050 g/mol. The number of phenols is 2. The summed E-state index contributed by atoms with van der Waals surface area (Å²) in [5.41, 5.74) is 14.6. The number of fused-ring (bicyclic) bond motifs is 9. The maximum absolute atomic E-state index is 11.0. The first-order chi connectivity index (χ1) is 72.9. The van der Waals surface area contributed by atoms with Crippen LogP contribution >= 0.6 is 11.3 Å². The van der Waals surface area contributed by atoms with Gasteiger partial charge in [0, 0.05) is 200 Å². The molecule has 20 fully saturated rings. The molecule has 150 heavy (non-hydrogen) atoms. The lowest BCUT2D eigenvalue weighted by molar-refractivity contribution is -0.314. The predicted molar refractivity (Wildman–Crippen MR) is 573 cm³/mol. The Hall–Kier alpha value is -8.04. The third-order valence-corrected chi connectivity index (χ3v) is 48.6. The summed E-state index contributed by atoms with van der Waals surface area (Å²) in [6.45, 7) is 27.1. The summed E-state index contributed by atoms with van der Waals surface area (Å²) >= 11 is 1.85. The Kier molecular flexibility index (Phi) is 21.7. The molecule has 20 aliphatic carbocycles. The van der Waals surface area contributed by atoms with Gasteiger partial charge in [0.15, 0.2) is 34.5 Å². The smallest absolute Gasteiger partial charge is 0.165 e. The number of thiophene rings is 1. The van der Waals surface area contributed by atoms with Gasteiger partial charge in [-0.25, -0.2) is 0 Å². The number of methoxy groups -OCH3 is 5. The van der Waals surface area contributed by atoms with E-state index in [-0.39, 0.29) is 106 Å². The van der Waals surface area contributed by atoms with Crippen LogP contribution in [-0.2, 0) is 107 Å². The molecule has 22 heteroatoms. The van der Waals surface area contributed by atoms with Gasteiger partial charge in [0.1, 0.15) is 52.6 Å². The molecule has 6 aromatic carbocycles. The van der Waals surface area contributed by atoms with Crippen molar-refractivity contribution in [3.8, 4) is 40.2 Å². The molecule has 37 rings (SSSR count). The Morgan fingerprint density at radius 1 is 0.380 bits per heavy atom. The van der Waals surface area contributed by atoms with Crippen LogP contribution in [-0.4, -0.2) is 215 Å². The minimum absolute atomic E-state index is 0.0173. The topological polar surface area (TPSA) is 202 Å². The molecule has 3 aromatic heterocycles. The number of aromatic hydroxyl groups is 2. The third-order valence-electron chi connectivity index (χ3n) is 47.5. The fraction of sp³-hybridized carbons (Fsp3) is 0.641. The van der Waals surface area contributed by atoms with Crippen molar-refractivity contribution in [1.82, 2.24) is 24.9 Å². The van der Waals surface area contributed by atoms with Crippen LogP contribution in [0.5, 0.6) is 40.2 Å². The zero-order valence-electron chi connectivity index (χ0n) is 90.2. The van der Waals surface area contributed by atoms with E-state index in [1.807, 2.05) is 64.0 Å². The van der Waals surface area contributed by atoms with Crippen LogP contribution in [0.4, 0.5) is 0 Å². The van der Waals surface area contributed by atoms with Crippen molar-refractivity contribution in [3.63, 3.8) is 0 Å². The van der Waals surface area contributed by atoms with Gasteiger partial charge in [-0.15, -0.1) is 11.3 Å². The molecular weight excluding hydrogens is 1900 g/mol. The summed E-state index contributed by atoms with van der Waals surface area (Å²) in [6, 6.07) is 45.1. The van der Waals surface area contributed by atoms with Crippen molar-refractivity contribution in [2.24, 2.45) is 67.0 Å². The van der Waals surface area contributed by atoms with E-state index in [1.54, 1.807) is 43.3 Å². The summed E-state index contributed by atoms with van der Waals surface area (Å²) in [4.78, 5) is 12.9. The van der Waals surface area contributed by atoms with E-state index in [9.17, 15) is 10.2 Å². The van der Waals surface area contributed by atoms with Gasteiger partial charge < -0.3 is 81.2 Å². The second kappa shape index (κ2) is 33.8. The Morgan fingerprint density at radius 3 is 1.15 bits per heavy atom. The Morgan fingerprint density at radius 2 is 0.747 bits per heavy atom. The Bertz CT molecular complexity index is 6580. The number of furan rings is 2. The molecule has 21 nitrogen and oxygen atoms in total. The molecule has 3 unspecified atom stereocenters. The maximum Gasteiger partial charge on any atom is 0.165 e. The van der Waals surface area contributed by atoms with E-state index < -0.39 is 11.2 Å². The number of likely N-dealkylation sites (tertiary alicyclic amines) is 4. The number of hydrogen-bond donors (Lipinski definition) is 3. The van der Waals surface area contributed by atoms with E-state index in [4.69, 9.17) is 65.7 Å². The molecule has 0 radical (unpaired) electrons. The van der Waals surface area contributed by atoms with Crippen LogP contribution in [0.3, 0.4) is 0 Å². The van der Waals surface area contributed by atoms with Gasteiger partial charge in [-0.3, -0.25) is 19.6 Å². The second-order valence-corrected chi connectivity index (χ2v) is 55.0. The Balaban J connectivity index is 0.0000000920. The quantitative estimate of drug-likeness (QED) is 0.0399. The van der Waals surface area contributed by atoms with E-state index in [0.29, 0.717) is 69.6 Å². The molecule has 8 aliphatic heterocycles. The first-order valence-corrected chi connectivity index (χ1v) is 59.0. The molecule has 11 heterocycles. The SMILES string of the molecule is CO[C@]12CC[C@@]3(C[C@]1(C)CNCc1ccccc1)[C@H]1Cc4ccc(O)c5c4[C@@]3(CCN1CC1CC1)C2O5.CO[C@]12CC[C@@]3(C[C@]1(C)COCc1ccoc1)[C@H]1Cc4ccc(C)c5c4[C@@]3(CCN1CC1CC1)C2O5.CO[C@]12CC[C@@]3(C[C@]1(C)COCc1ccoc1)[C@H]1Cc4ccc(O)c5c4[C@@]3(CCN1CC1CC1)C2O5.COc1ccc2c3c1O[C@H]1[C@@]4(OC)CC[C@@]5(C[C@]4(C)COCc4cc6ccccc6s4)[C@@H](C2)N(CC2CC2)CC[C@]315. The number of hydrogen-bond acceptors (Lipinski definition) is 22.